The third-order valence-corrected chi connectivity index (χ3v) is 7.84. The highest BCUT2D eigenvalue weighted by Crippen LogP contribution is 2.12. The van der Waals surface area contributed by atoms with E-state index in [2.05, 4.69) is 26.6 Å². The molecule has 0 radical (unpaired) electrons. The number of carbonyl (C=O) groups is 6. The lowest BCUT2D eigenvalue weighted by molar-refractivity contribution is -0.142. The molecule has 0 bridgehead atoms. The van der Waals surface area contributed by atoms with Gasteiger partial charge in [-0.2, -0.15) is 0 Å². The minimum absolute atomic E-state index is 0.0190. The third-order valence-electron chi connectivity index (χ3n) is 7.84. The van der Waals surface area contributed by atoms with Crippen molar-refractivity contribution < 1.29 is 39.0 Å². The van der Waals surface area contributed by atoms with Crippen LogP contribution in [-0.4, -0.2) is 95.1 Å². The summed E-state index contributed by atoms with van der Waals surface area (Å²) in [5.41, 5.74) is 11.9. The van der Waals surface area contributed by atoms with Crippen molar-refractivity contribution in [2.45, 2.75) is 109 Å². The molecule has 0 aliphatic rings. The molecule has 0 unspecified atom stereocenters. The Kier molecular flexibility index (Phi) is 19.0. The van der Waals surface area contributed by atoms with Gasteiger partial charge in [0.05, 0.1) is 12.6 Å². The number of carboxylic acid groups (broad SMARTS) is 1. The molecule has 0 aliphatic heterocycles. The second-order valence-corrected chi connectivity index (χ2v) is 12.5. The fourth-order valence-electron chi connectivity index (χ4n) is 4.77. The highest BCUT2D eigenvalue weighted by molar-refractivity contribution is 5.96. The second kappa shape index (κ2) is 21.7. The number of rotatable bonds is 22. The molecule has 15 heteroatoms. The van der Waals surface area contributed by atoms with E-state index < -0.39 is 84.3 Å². The minimum atomic E-state index is -1.50. The molecule has 0 spiro atoms. The monoisotopic (exact) mass is 677 g/mol. The lowest BCUT2D eigenvalue weighted by Crippen LogP contribution is -2.61. The first-order valence-corrected chi connectivity index (χ1v) is 16.5. The van der Waals surface area contributed by atoms with Gasteiger partial charge in [-0.15, -0.1) is 0 Å². The Morgan fingerprint density at radius 2 is 1.27 bits per heavy atom. The summed E-state index contributed by atoms with van der Waals surface area (Å²) in [5.74, 6) is -5.29. The largest absolute Gasteiger partial charge is 0.480 e. The van der Waals surface area contributed by atoms with Gasteiger partial charge in [0.1, 0.15) is 30.2 Å². The zero-order valence-electron chi connectivity index (χ0n) is 28.7. The van der Waals surface area contributed by atoms with Gasteiger partial charge in [0, 0.05) is 6.42 Å². The van der Waals surface area contributed by atoms with Gasteiger partial charge < -0.3 is 48.3 Å². The molecule has 1 aromatic carbocycles. The van der Waals surface area contributed by atoms with Gasteiger partial charge in [0.25, 0.3) is 0 Å². The van der Waals surface area contributed by atoms with Gasteiger partial charge in [0.15, 0.2) is 0 Å². The zero-order valence-corrected chi connectivity index (χ0v) is 28.7. The van der Waals surface area contributed by atoms with Crippen LogP contribution in [0.15, 0.2) is 30.3 Å². The SMILES string of the molecule is CC[C@H](C)[C@H](NC(=O)[C@H](CCCCN)NC(=O)[C@H](C)N)C(=O)N[C@@H](CO)C(=O)N[C@@H](CC(C)C)C(=O)N[C@@H](Cc1ccccc1)C(=O)O. The number of benzene rings is 1. The van der Waals surface area contributed by atoms with Crippen LogP contribution in [0.2, 0.25) is 0 Å². The van der Waals surface area contributed by atoms with Gasteiger partial charge in [-0.1, -0.05) is 64.4 Å². The van der Waals surface area contributed by atoms with Crippen LogP contribution < -0.4 is 38.1 Å². The van der Waals surface area contributed by atoms with Gasteiger partial charge in [-0.3, -0.25) is 24.0 Å². The summed E-state index contributed by atoms with van der Waals surface area (Å²) in [6.07, 6.45) is 2.02. The van der Waals surface area contributed by atoms with Crippen molar-refractivity contribution in [3.8, 4) is 0 Å². The average Bonchev–Trinajstić information content (AvgIpc) is 3.04. The summed E-state index contributed by atoms with van der Waals surface area (Å²) in [5, 5.41) is 32.6. The average molecular weight is 678 g/mol. The molecule has 1 rings (SSSR count). The molecule has 0 saturated heterocycles. The normalized spacial score (nSPS) is 15.5. The highest BCUT2D eigenvalue weighted by atomic mass is 16.4. The first-order valence-electron chi connectivity index (χ1n) is 16.5. The molecular weight excluding hydrogens is 622 g/mol. The first kappa shape index (κ1) is 41.9. The van der Waals surface area contributed by atoms with Crippen LogP contribution in [0.3, 0.4) is 0 Å². The number of aliphatic hydroxyl groups excluding tert-OH is 1. The summed E-state index contributed by atoms with van der Waals surface area (Å²) in [6, 6.07) is 1.82. The maximum atomic E-state index is 13.5. The van der Waals surface area contributed by atoms with E-state index in [1.165, 1.54) is 6.92 Å². The molecule has 5 amide bonds. The molecular formula is C33H55N7O8. The van der Waals surface area contributed by atoms with Crippen molar-refractivity contribution in [1.82, 2.24) is 26.6 Å². The lowest BCUT2D eigenvalue weighted by atomic mass is 9.97. The predicted octanol–water partition coefficient (Wildman–Crippen LogP) is -0.702. The molecule has 48 heavy (non-hydrogen) atoms. The molecule has 0 heterocycles. The molecule has 11 N–H and O–H groups in total. The summed E-state index contributed by atoms with van der Waals surface area (Å²) in [7, 11) is 0. The summed E-state index contributed by atoms with van der Waals surface area (Å²) in [6.45, 7) is 8.20. The van der Waals surface area contributed by atoms with Crippen LogP contribution in [-0.2, 0) is 35.2 Å². The lowest BCUT2D eigenvalue weighted by Gasteiger charge is -2.29. The Labute approximate surface area is 282 Å². The molecule has 1 aromatic rings. The van der Waals surface area contributed by atoms with E-state index in [0.29, 0.717) is 31.4 Å². The number of carbonyl (C=O) groups excluding carboxylic acids is 5. The third kappa shape index (κ3) is 14.8. The molecule has 270 valence electrons. The van der Waals surface area contributed by atoms with Crippen LogP contribution in [0.4, 0.5) is 0 Å². The van der Waals surface area contributed by atoms with Crippen molar-refractivity contribution in [3.05, 3.63) is 35.9 Å². The fraction of sp³-hybridized carbons (Fsp3) is 0.636. The maximum absolute atomic E-state index is 13.5. The van der Waals surface area contributed by atoms with E-state index in [0.717, 1.165) is 0 Å². The van der Waals surface area contributed by atoms with Gasteiger partial charge in [-0.05, 0) is 56.6 Å². The number of hydrogen-bond donors (Lipinski definition) is 9. The van der Waals surface area contributed by atoms with Gasteiger partial charge >= 0.3 is 5.97 Å². The second-order valence-electron chi connectivity index (χ2n) is 12.5. The minimum Gasteiger partial charge on any atom is -0.480 e. The smallest absolute Gasteiger partial charge is 0.326 e. The number of hydrogen-bond acceptors (Lipinski definition) is 9. The van der Waals surface area contributed by atoms with Crippen molar-refractivity contribution in [1.29, 1.82) is 0 Å². The standard InChI is InChI=1S/C33H55N7O8/c1-6-20(4)27(40-29(43)23(14-10-11-15-34)36-28(42)21(5)35)32(46)39-26(18-41)31(45)37-24(16-19(2)3)30(44)38-25(33(47)48)17-22-12-8-7-9-13-22/h7-9,12-13,19-21,23-27,41H,6,10-11,14-18,34-35H2,1-5H3,(H,36,42)(H,37,45)(H,38,44)(H,39,46)(H,40,43)(H,47,48)/t20-,21-,23-,24-,25-,26-,27-/m0/s1. The van der Waals surface area contributed by atoms with Crippen LogP contribution in [0.5, 0.6) is 0 Å². The van der Waals surface area contributed by atoms with Gasteiger partial charge in [0.2, 0.25) is 29.5 Å². The molecule has 0 aliphatic carbocycles. The Hall–Kier alpha value is -4.08. The number of nitrogens with two attached hydrogens (primary N) is 2. The molecule has 0 aromatic heterocycles. The zero-order chi connectivity index (χ0) is 36.4. The number of carboxylic acids is 1. The van der Waals surface area contributed by atoms with E-state index in [1.54, 1.807) is 44.2 Å². The van der Waals surface area contributed by atoms with Crippen LogP contribution in [0, 0.1) is 11.8 Å². The molecule has 15 nitrogen and oxygen atoms in total. The van der Waals surface area contributed by atoms with E-state index >= 15 is 0 Å². The Morgan fingerprint density at radius 3 is 1.79 bits per heavy atom. The maximum Gasteiger partial charge on any atom is 0.326 e. The van der Waals surface area contributed by atoms with Crippen LogP contribution in [0.1, 0.15) is 72.3 Å². The van der Waals surface area contributed by atoms with Crippen molar-refractivity contribution in [2.24, 2.45) is 23.3 Å². The van der Waals surface area contributed by atoms with Crippen molar-refractivity contribution in [3.63, 3.8) is 0 Å². The van der Waals surface area contributed by atoms with E-state index in [9.17, 15) is 39.0 Å². The highest BCUT2D eigenvalue weighted by Gasteiger charge is 2.34. The molecule has 0 saturated carbocycles. The Balaban J connectivity index is 3.10. The quantitative estimate of drug-likeness (QED) is 0.0698. The Morgan fingerprint density at radius 1 is 0.729 bits per heavy atom. The number of unbranched alkanes of at least 4 members (excludes halogenated alkanes) is 1. The van der Waals surface area contributed by atoms with Crippen molar-refractivity contribution in [2.75, 3.05) is 13.2 Å². The van der Waals surface area contributed by atoms with Crippen LogP contribution >= 0.6 is 0 Å². The number of aliphatic hydroxyl groups is 1. The summed E-state index contributed by atoms with van der Waals surface area (Å²) >= 11 is 0. The first-order chi connectivity index (χ1) is 22.6. The predicted molar refractivity (Wildman–Crippen MR) is 180 cm³/mol. The topological polar surface area (TPSA) is 255 Å². The summed E-state index contributed by atoms with van der Waals surface area (Å²) in [4.78, 5) is 77.6. The van der Waals surface area contributed by atoms with E-state index in [-0.39, 0.29) is 25.2 Å². The molecule has 7 atom stereocenters. The van der Waals surface area contributed by atoms with E-state index in [1.807, 2.05) is 13.8 Å². The van der Waals surface area contributed by atoms with Crippen molar-refractivity contribution >= 4 is 35.5 Å². The van der Waals surface area contributed by atoms with Gasteiger partial charge in [-0.25, -0.2) is 4.79 Å². The number of amides is 5. The Bertz CT molecular complexity index is 1200. The summed E-state index contributed by atoms with van der Waals surface area (Å²) < 4.78 is 0. The molecule has 0 fully saturated rings. The number of nitrogens with one attached hydrogen (secondary N) is 5. The van der Waals surface area contributed by atoms with E-state index in [4.69, 9.17) is 11.5 Å². The van der Waals surface area contributed by atoms with Crippen LogP contribution in [0.25, 0.3) is 0 Å². The number of aliphatic carboxylic acids is 1. The fourth-order valence-corrected chi connectivity index (χ4v) is 4.77.